The molecular formula is C13H19NO3S. The van der Waals surface area contributed by atoms with Crippen LogP contribution in [0.3, 0.4) is 0 Å². The molecule has 2 rings (SSSR count). The normalized spacial score (nSPS) is 22.3. The Morgan fingerprint density at radius 2 is 2.44 bits per heavy atom. The summed E-state index contributed by atoms with van der Waals surface area (Å²) in [6.07, 6.45) is 3.20. The molecule has 0 radical (unpaired) electrons. The molecule has 0 aromatic carbocycles. The van der Waals surface area contributed by atoms with Crippen LogP contribution in [0.25, 0.3) is 0 Å². The molecule has 4 nitrogen and oxygen atoms in total. The molecule has 1 saturated heterocycles. The number of thiophene rings is 1. The van der Waals surface area contributed by atoms with Gasteiger partial charge < -0.3 is 15.2 Å². The van der Waals surface area contributed by atoms with Gasteiger partial charge in [-0.1, -0.05) is 6.07 Å². The standard InChI is InChI=1S/C13H19NO3S/c15-13(16)9-11(12-4-2-8-18-12)14-10-3-1-6-17-7-5-10/h2,4,8,10-11,14H,1,3,5-7,9H2,(H,15,16). The van der Waals surface area contributed by atoms with Gasteiger partial charge in [-0.3, -0.25) is 4.79 Å². The van der Waals surface area contributed by atoms with Crippen LogP contribution in [-0.4, -0.2) is 30.3 Å². The summed E-state index contributed by atoms with van der Waals surface area (Å²) in [5.74, 6) is -0.759. The zero-order valence-corrected chi connectivity index (χ0v) is 11.1. The van der Waals surface area contributed by atoms with Gasteiger partial charge in [0.1, 0.15) is 0 Å². The predicted molar refractivity (Wildman–Crippen MR) is 70.9 cm³/mol. The molecule has 0 amide bonds. The molecule has 0 spiro atoms. The van der Waals surface area contributed by atoms with Gasteiger partial charge in [-0.05, 0) is 30.7 Å². The Labute approximate surface area is 111 Å². The Balaban J connectivity index is 1.97. The molecular weight excluding hydrogens is 250 g/mol. The van der Waals surface area contributed by atoms with Crippen LogP contribution in [0.4, 0.5) is 0 Å². The van der Waals surface area contributed by atoms with Crippen LogP contribution in [0.15, 0.2) is 17.5 Å². The van der Waals surface area contributed by atoms with Gasteiger partial charge in [0.15, 0.2) is 0 Å². The third kappa shape index (κ3) is 4.08. The van der Waals surface area contributed by atoms with Gasteiger partial charge in [0.25, 0.3) is 0 Å². The average molecular weight is 269 g/mol. The molecule has 1 aromatic rings. The molecule has 2 unspecified atom stereocenters. The van der Waals surface area contributed by atoms with Gasteiger partial charge in [-0.25, -0.2) is 0 Å². The summed E-state index contributed by atoms with van der Waals surface area (Å²) in [6, 6.07) is 4.25. The number of rotatable bonds is 5. The molecule has 1 aliphatic rings. The lowest BCUT2D eigenvalue weighted by atomic mass is 10.1. The van der Waals surface area contributed by atoms with Crippen molar-refractivity contribution in [3.8, 4) is 0 Å². The number of hydrogen-bond donors (Lipinski definition) is 2. The fraction of sp³-hybridized carbons (Fsp3) is 0.615. The number of aliphatic carboxylic acids is 1. The van der Waals surface area contributed by atoms with Crippen LogP contribution < -0.4 is 5.32 Å². The SMILES string of the molecule is O=C(O)CC(NC1CCCOCC1)c1cccs1. The van der Waals surface area contributed by atoms with Gasteiger partial charge in [0.2, 0.25) is 0 Å². The van der Waals surface area contributed by atoms with Crippen molar-refractivity contribution in [2.24, 2.45) is 0 Å². The smallest absolute Gasteiger partial charge is 0.305 e. The molecule has 1 aromatic heterocycles. The van der Waals surface area contributed by atoms with E-state index in [1.807, 2.05) is 17.5 Å². The number of carboxylic acid groups (broad SMARTS) is 1. The molecule has 1 aliphatic heterocycles. The predicted octanol–water partition coefficient (Wildman–Crippen LogP) is 2.42. The topological polar surface area (TPSA) is 58.6 Å². The van der Waals surface area contributed by atoms with Crippen molar-refractivity contribution in [1.82, 2.24) is 5.32 Å². The number of carbonyl (C=O) groups is 1. The molecule has 0 bridgehead atoms. The fourth-order valence-corrected chi connectivity index (χ4v) is 3.05. The third-order valence-corrected chi connectivity index (χ3v) is 4.14. The maximum atomic E-state index is 11.0. The molecule has 0 aliphatic carbocycles. The first-order chi connectivity index (χ1) is 8.75. The molecule has 5 heteroatoms. The van der Waals surface area contributed by atoms with Crippen LogP contribution in [0.1, 0.15) is 36.6 Å². The highest BCUT2D eigenvalue weighted by atomic mass is 32.1. The van der Waals surface area contributed by atoms with Crippen molar-refractivity contribution in [2.45, 2.75) is 37.8 Å². The van der Waals surface area contributed by atoms with Gasteiger partial charge in [-0.2, -0.15) is 0 Å². The molecule has 100 valence electrons. The van der Waals surface area contributed by atoms with E-state index in [9.17, 15) is 4.79 Å². The van der Waals surface area contributed by atoms with E-state index in [1.165, 1.54) is 0 Å². The molecule has 2 heterocycles. The highest BCUT2D eigenvalue weighted by Gasteiger charge is 2.21. The second-order valence-corrected chi connectivity index (χ2v) is 5.55. The van der Waals surface area contributed by atoms with Crippen LogP contribution in [0.2, 0.25) is 0 Å². The van der Waals surface area contributed by atoms with Gasteiger partial charge in [0.05, 0.1) is 12.5 Å². The Kier molecular flexibility index (Phi) is 5.16. The minimum absolute atomic E-state index is 0.0781. The van der Waals surface area contributed by atoms with Crippen molar-refractivity contribution in [1.29, 1.82) is 0 Å². The van der Waals surface area contributed by atoms with E-state index in [1.54, 1.807) is 11.3 Å². The van der Waals surface area contributed by atoms with Crippen LogP contribution in [-0.2, 0) is 9.53 Å². The fourth-order valence-electron chi connectivity index (χ4n) is 2.26. The van der Waals surface area contributed by atoms with Crippen LogP contribution in [0, 0.1) is 0 Å². The maximum absolute atomic E-state index is 11.0. The first-order valence-corrected chi connectivity index (χ1v) is 7.22. The molecule has 2 atom stereocenters. The lowest BCUT2D eigenvalue weighted by molar-refractivity contribution is -0.137. The van der Waals surface area contributed by atoms with E-state index in [-0.39, 0.29) is 12.5 Å². The highest BCUT2D eigenvalue weighted by Crippen LogP contribution is 2.24. The minimum atomic E-state index is -0.759. The lowest BCUT2D eigenvalue weighted by Crippen LogP contribution is -2.34. The van der Waals surface area contributed by atoms with E-state index in [2.05, 4.69) is 5.32 Å². The van der Waals surface area contributed by atoms with Gasteiger partial charge in [-0.15, -0.1) is 11.3 Å². The zero-order valence-electron chi connectivity index (χ0n) is 10.3. The van der Waals surface area contributed by atoms with Crippen molar-refractivity contribution in [2.75, 3.05) is 13.2 Å². The third-order valence-electron chi connectivity index (χ3n) is 3.15. The summed E-state index contributed by atoms with van der Waals surface area (Å²) in [5, 5.41) is 14.5. The summed E-state index contributed by atoms with van der Waals surface area (Å²) in [4.78, 5) is 12.1. The van der Waals surface area contributed by atoms with Crippen molar-refractivity contribution >= 4 is 17.3 Å². The van der Waals surface area contributed by atoms with E-state index >= 15 is 0 Å². The summed E-state index contributed by atoms with van der Waals surface area (Å²) in [6.45, 7) is 1.59. The first-order valence-electron chi connectivity index (χ1n) is 6.34. The van der Waals surface area contributed by atoms with E-state index in [4.69, 9.17) is 9.84 Å². The minimum Gasteiger partial charge on any atom is -0.481 e. The van der Waals surface area contributed by atoms with E-state index in [0.717, 1.165) is 37.4 Å². The second-order valence-electron chi connectivity index (χ2n) is 4.57. The van der Waals surface area contributed by atoms with Crippen molar-refractivity contribution in [3.05, 3.63) is 22.4 Å². The number of carboxylic acids is 1. The average Bonchev–Trinajstić information content (AvgIpc) is 2.74. The summed E-state index contributed by atoms with van der Waals surface area (Å²) >= 11 is 1.61. The van der Waals surface area contributed by atoms with Crippen LogP contribution in [0.5, 0.6) is 0 Å². The van der Waals surface area contributed by atoms with Crippen molar-refractivity contribution < 1.29 is 14.6 Å². The van der Waals surface area contributed by atoms with E-state index in [0.29, 0.717) is 6.04 Å². The summed E-state index contributed by atoms with van der Waals surface area (Å²) in [7, 11) is 0. The molecule has 2 N–H and O–H groups in total. The largest absolute Gasteiger partial charge is 0.481 e. The van der Waals surface area contributed by atoms with Gasteiger partial charge >= 0.3 is 5.97 Å². The highest BCUT2D eigenvalue weighted by molar-refractivity contribution is 7.10. The summed E-state index contributed by atoms with van der Waals surface area (Å²) in [5.41, 5.74) is 0. The Bertz CT molecular complexity index is 358. The summed E-state index contributed by atoms with van der Waals surface area (Å²) < 4.78 is 5.42. The lowest BCUT2D eigenvalue weighted by Gasteiger charge is -2.22. The first kappa shape index (κ1) is 13.5. The monoisotopic (exact) mass is 269 g/mol. The molecule has 0 saturated carbocycles. The number of hydrogen-bond acceptors (Lipinski definition) is 4. The second kappa shape index (κ2) is 6.87. The Hall–Kier alpha value is -0.910. The van der Waals surface area contributed by atoms with Gasteiger partial charge in [0, 0.05) is 24.1 Å². The Morgan fingerprint density at radius 1 is 1.56 bits per heavy atom. The molecule has 18 heavy (non-hydrogen) atoms. The molecule has 1 fully saturated rings. The number of ether oxygens (including phenoxy) is 1. The van der Waals surface area contributed by atoms with Crippen molar-refractivity contribution in [3.63, 3.8) is 0 Å². The quantitative estimate of drug-likeness (QED) is 0.862. The van der Waals surface area contributed by atoms with E-state index < -0.39 is 5.97 Å². The maximum Gasteiger partial charge on any atom is 0.305 e. The number of nitrogens with one attached hydrogen (secondary N) is 1. The Morgan fingerprint density at radius 3 is 3.17 bits per heavy atom. The van der Waals surface area contributed by atoms with Crippen LogP contribution >= 0.6 is 11.3 Å². The zero-order chi connectivity index (χ0) is 12.8.